The van der Waals surface area contributed by atoms with Crippen molar-refractivity contribution in [2.24, 2.45) is 0 Å². The van der Waals surface area contributed by atoms with Crippen molar-refractivity contribution in [3.8, 4) is 0 Å². The number of nitrogens with zero attached hydrogens (tertiary/aromatic N) is 3. The maximum Gasteiger partial charge on any atom is 0.301 e. The highest BCUT2D eigenvalue weighted by atomic mass is 32.2. The molecule has 2 heterocycles. The molecular weight excluding hydrogens is 252 g/mol. The lowest BCUT2D eigenvalue weighted by molar-refractivity contribution is 0.527. The summed E-state index contributed by atoms with van der Waals surface area (Å²) >= 11 is 0. The summed E-state index contributed by atoms with van der Waals surface area (Å²) in [4.78, 5) is 4.36. The van der Waals surface area contributed by atoms with Gasteiger partial charge in [-0.1, -0.05) is 0 Å². The van der Waals surface area contributed by atoms with Gasteiger partial charge in [0.15, 0.2) is 0 Å². The zero-order valence-corrected chi connectivity index (χ0v) is 11.6. The van der Waals surface area contributed by atoms with Gasteiger partial charge in [-0.15, -0.1) is 0 Å². The second-order valence-corrected chi connectivity index (χ2v) is 6.20. The number of aromatic nitrogens is 2. The third-order valence-electron chi connectivity index (χ3n) is 2.82. The molecule has 0 bridgehead atoms. The molecule has 0 saturated heterocycles. The Morgan fingerprint density at radius 3 is 2.56 bits per heavy atom. The molecule has 0 unspecified atom stereocenters. The van der Waals surface area contributed by atoms with Gasteiger partial charge >= 0.3 is 10.2 Å². The molecule has 6 nitrogen and oxygen atoms in total. The maximum absolute atomic E-state index is 11.7. The molecule has 0 aliphatic rings. The number of rotatable bonds is 3. The average Bonchev–Trinajstić information content (AvgIpc) is 2.55. The molecule has 0 radical (unpaired) electrons. The van der Waals surface area contributed by atoms with Crippen molar-refractivity contribution in [1.29, 1.82) is 0 Å². The molecule has 18 heavy (non-hydrogen) atoms. The minimum absolute atomic E-state index is 0.511. The Labute approximate surface area is 106 Å². The van der Waals surface area contributed by atoms with Gasteiger partial charge in [0.1, 0.15) is 5.65 Å². The van der Waals surface area contributed by atoms with E-state index in [0.29, 0.717) is 5.69 Å². The predicted molar refractivity (Wildman–Crippen MR) is 70.9 cm³/mol. The van der Waals surface area contributed by atoms with Crippen molar-refractivity contribution >= 4 is 21.5 Å². The minimum atomic E-state index is -3.48. The van der Waals surface area contributed by atoms with Crippen LogP contribution in [-0.2, 0) is 10.2 Å². The molecule has 0 amide bonds. The van der Waals surface area contributed by atoms with Crippen molar-refractivity contribution in [3.05, 3.63) is 29.7 Å². The first-order chi connectivity index (χ1) is 8.31. The summed E-state index contributed by atoms with van der Waals surface area (Å²) < 4.78 is 28.9. The zero-order chi connectivity index (χ0) is 13.5. The molecule has 0 aliphatic carbocycles. The first-order valence-electron chi connectivity index (χ1n) is 5.47. The van der Waals surface area contributed by atoms with E-state index < -0.39 is 10.2 Å². The average molecular weight is 268 g/mol. The Hall–Kier alpha value is -1.60. The Bertz CT molecular complexity index is 688. The maximum atomic E-state index is 11.7. The van der Waals surface area contributed by atoms with Crippen LogP contribution in [0.2, 0.25) is 0 Å². The molecule has 98 valence electrons. The van der Waals surface area contributed by atoms with Crippen LogP contribution in [0.15, 0.2) is 18.3 Å². The van der Waals surface area contributed by atoms with Crippen LogP contribution in [0.25, 0.3) is 5.65 Å². The van der Waals surface area contributed by atoms with E-state index in [2.05, 4.69) is 9.71 Å². The summed E-state index contributed by atoms with van der Waals surface area (Å²) in [5.41, 5.74) is 3.24. The number of nitrogens with one attached hydrogen (secondary N) is 1. The fraction of sp³-hybridized carbons (Fsp3) is 0.364. The quantitative estimate of drug-likeness (QED) is 0.908. The van der Waals surface area contributed by atoms with Crippen LogP contribution in [0.3, 0.4) is 0 Å². The van der Waals surface area contributed by atoms with Crippen LogP contribution in [-0.4, -0.2) is 36.2 Å². The summed E-state index contributed by atoms with van der Waals surface area (Å²) in [5, 5.41) is 0. The van der Waals surface area contributed by atoms with E-state index in [4.69, 9.17) is 0 Å². The van der Waals surface area contributed by atoms with Crippen molar-refractivity contribution in [3.63, 3.8) is 0 Å². The van der Waals surface area contributed by atoms with Gasteiger partial charge in [0.05, 0.1) is 11.4 Å². The predicted octanol–water partition coefficient (Wildman–Crippen LogP) is 1.17. The number of hydrogen-bond acceptors (Lipinski definition) is 3. The molecule has 7 heteroatoms. The SMILES string of the molecule is Cc1nc2ccc(NS(=O)(=O)N(C)C)cn2c1C. The fourth-order valence-electron chi connectivity index (χ4n) is 1.58. The number of anilines is 1. The third-order valence-corrected chi connectivity index (χ3v) is 4.28. The molecule has 0 aromatic carbocycles. The lowest BCUT2D eigenvalue weighted by Gasteiger charge is -2.13. The van der Waals surface area contributed by atoms with E-state index in [9.17, 15) is 8.42 Å². The van der Waals surface area contributed by atoms with Crippen molar-refractivity contribution in [1.82, 2.24) is 13.7 Å². The van der Waals surface area contributed by atoms with Crippen molar-refractivity contribution in [2.75, 3.05) is 18.8 Å². The standard InChI is InChI=1S/C11H16N4O2S/c1-8-9(2)15-7-10(5-6-11(15)12-8)13-18(16,17)14(3)4/h5-7,13H,1-4H3. The van der Waals surface area contributed by atoms with Crippen LogP contribution < -0.4 is 4.72 Å². The summed E-state index contributed by atoms with van der Waals surface area (Å²) in [6.07, 6.45) is 1.73. The summed E-state index contributed by atoms with van der Waals surface area (Å²) in [6, 6.07) is 3.48. The summed E-state index contributed by atoms with van der Waals surface area (Å²) in [5.74, 6) is 0. The molecule has 0 spiro atoms. The van der Waals surface area contributed by atoms with Crippen molar-refractivity contribution in [2.45, 2.75) is 13.8 Å². The van der Waals surface area contributed by atoms with Gasteiger partial charge in [0.2, 0.25) is 0 Å². The Kier molecular flexibility index (Phi) is 3.04. The van der Waals surface area contributed by atoms with Gasteiger partial charge in [-0.05, 0) is 26.0 Å². The van der Waals surface area contributed by atoms with Gasteiger partial charge in [-0.3, -0.25) is 4.72 Å². The van der Waals surface area contributed by atoms with Gasteiger partial charge in [0, 0.05) is 26.0 Å². The van der Waals surface area contributed by atoms with Crippen molar-refractivity contribution < 1.29 is 8.42 Å². The number of aryl methyl sites for hydroxylation is 2. The summed E-state index contributed by atoms with van der Waals surface area (Å²) in [6.45, 7) is 3.87. The van der Waals surface area contributed by atoms with E-state index in [-0.39, 0.29) is 0 Å². The zero-order valence-electron chi connectivity index (χ0n) is 10.8. The topological polar surface area (TPSA) is 66.7 Å². The number of fused-ring (bicyclic) bond motifs is 1. The van der Waals surface area contributed by atoms with Gasteiger partial charge in [0.25, 0.3) is 0 Å². The van der Waals surface area contributed by atoms with Crippen LogP contribution in [0, 0.1) is 13.8 Å². The molecule has 0 saturated carbocycles. The molecule has 0 aliphatic heterocycles. The molecule has 0 atom stereocenters. The molecule has 1 N–H and O–H groups in total. The monoisotopic (exact) mass is 268 g/mol. The van der Waals surface area contributed by atoms with Gasteiger partial charge < -0.3 is 4.40 Å². The summed E-state index contributed by atoms with van der Waals surface area (Å²) in [7, 11) is -0.517. The van der Waals surface area contributed by atoms with E-state index in [1.165, 1.54) is 14.1 Å². The highest BCUT2D eigenvalue weighted by Crippen LogP contribution is 2.16. The van der Waals surface area contributed by atoms with Crippen LogP contribution in [0.5, 0.6) is 0 Å². The Balaban J connectivity index is 2.45. The minimum Gasteiger partial charge on any atom is -0.302 e. The molecule has 2 aromatic rings. The lowest BCUT2D eigenvalue weighted by atomic mass is 10.4. The van der Waals surface area contributed by atoms with E-state index in [0.717, 1.165) is 21.3 Å². The lowest BCUT2D eigenvalue weighted by Crippen LogP contribution is -2.29. The normalized spacial score (nSPS) is 12.3. The van der Waals surface area contributed by atoms with Crippen LogP contribution >= 0.6 is 0 Å². The number of imidazole rings is 1. The smallest absolute Gasteiger partial charge is 0.301 e. The molecule has 2 aromatic heterocycles. The van der Waals surface area contributed by atoms with E-state index >= 15 is 0 Å². The van der Waals surface area contributed by atoms with E-state index in [1.807, 2.05) is 18.2 Å². The fourth-order valence-corrected chi connectivity index (χ4v) is 2.18. The largest absolute Gasteiger partial charge is 0.302 e. The van der Waals surface area contributed by atoms with E-state index in [1.54, 1.807) is 18.3 Å². The number of hydrogen-bond donors (Lipinski definition) is 1. The highest BCUT2D eigenvalue weighted by Gasteiger charge is 2.13. The van der Waals surface area contributed by atoms with Crippen LogP contribution in [0.4, 0.5) is 5.69 Å². The first-order valence-corrected chi connectivity index (χ1v) is 6.91. The molecule has 0 fully saturated rings. The van der Waals surface area contributed by atoms with Gasteiger partial charge in [-0.25, -0.2) is 4.98 Å². The molecular formula is C11H16N4O2S. The second-order valence-electron chi connectivity index (χ2n) is 4.32. The highest BCUT2D eigenvalue weighted by molar-refractivity contribution is 7.90. The first kappa shape index (κ1) is 12.8. The Morgan fingerprint density at radius 2 is 1.94 bits per heavy atom. The molecule has 2 rings (SSSR count). The Morgan fingerprint density at radius 1 is 1.28 bits per heavy atom. The van der Waals surface area contributed by atoms with Gasteiger partial charge in [-0.2, -0.15) is 12.7 Å². The second kappa shape index (κ2) is 4.25. The third kappa shape index (κ3) is 2.19. The number of pyridine rings is 1. The van der Waals surface area contributed by atoms with Crippen LogP contribution in [0.1, 0.15) is 11.4 Å².